The average molecular weight is 587 g/mol. The summed E-state index contributed by atoms with van der Waals surface area (Å²) in [7, 11) is 4.01. The predicted octanol–water partition coefficient (Wildman–Crippen LogP) is 5.79. The summed E-state index contributed by atoms with van der Waals surface area (Å²) >= 11 is 0. The SMILES string of the molecule is CC(c1oc(=O)c2ccccc2c1-c1cccc(CN(C)C)c1)n1nc(-c2cc(O)cc(F)c2)c2c(N)ncnc21.Cl. The largest absolute Gasteiger partial charge is 0.508 e. The quantitative estimate of drug-likeness (QED) is 0.251. The predicted molar refractivity (Wildman–Crippen MR) is 163 cm³/mol. The number of benzene rings is 3. The van der Waals surface area contributed by atoms with Crippen LogP contribution in [0.5, 0.6) is 5.75 Å². The van der Waals surface area contributed by atoms with E-state index in [0.717, 1.165) is 34.7 Å². The third-order valence-corrected chi connectivity index (χ3v) is 7.00. The average Bonchev–Trinajstić information content (AvgIpc) is 3.33. The molecular weight excluding hydrogens is 559 g/mol. The number of hydrogen-bond donors (Lipinski definition) is 2. The van der Waals surface area contributed by atoms with Crippen molar-refractivity contribution in [2.24, 2.45) is 0 Å². The second kappa shape index (κ2) is 11.2. The molecule has 0 aliphatic heterocycles. The van der Waals surface area contributed by atoms with Gasteiger partial charge in [-0.05, 0) is 56.4 Å². The molecule has 0 amide bonds. The molecule has 6 aromatic rings. The van der Waals surface area contributed by atoms with Gasteiger partial charge in [0.05, 0.1) is 10.8 Å². The maximum atomic E-state index is 14.3. The third-order valence-electron chi connectivity index (χ3n) is 7.00. The number of aromatic nitrogens is 4. The Balaban J connectivity index is 0.00000353. The van der Waals surface area contributed by atoms with Crippen LogP contribution in [0.25, 0.3) is 44.2 Å². The summed E-state index contributed by atoms with van der Waals surface area (Å²) in [6.45, 7) is 2.58. The van der Waals surface area contributed by atoms with Crippen LogP contribution in [0.1, 0.15) is 24.3 Å². The lowest BCUT2D eigenvalue weighted by Gasteiger charge is -2.19. The van der Waals surface area contributed by atoms with Gasteiger partial charge in [0.1, 0.15) is 41.2 Å². The molecule has 1 unspecified atom stereocenters. The molecule has 0 saturated carbocycles. The molecule has 0 aliphatic rings. The first-order valence-corrected chi connectivity index (χ1v) is 13.0. The van der Waals surface area contributed by atoms with Crippen LogP contribution in [0.15, 0.2) is 82.3 Å². The Morgan fingerprint density at radius 2 is 1.79 bits per heavy atom. The van der Waals surface area contributed by atoms with Crippen LogP contribution in [-0.4, -0.2) is 43.9 Å². The maximum absolute atomic E-state index is 14.3. The molecule has 0 bridgehead atoms. The smallest absolute Gasteiger partial charge is 0.343 e. The summed E-state index contributed by atoms with van der Waals surface area (Å²) in [4.78, 5) is 23.9. The molecule has 3 aromatic heterocycles. The van der Waals surface area contributed by atoms with Gasteiger partial charge >= 0.3 is 5.63 Å². The molecule has 0 radical (unpaired) electrons. The first kappa shape index (κ1) is 28.7. The Hall–Kier alpha value is -4.80. The van der Waals surface area contributed by atoms with Crippen LogP contribution in [0.3, 0.4) is 0 Å². The summed E-state index contributed by atoms with van der Waals surface area (Å²) in [6, 6.07) is 18.4. The summed E-state index contributed by atoms with van der Waals surface area (Å²) in [5.74, 6) is -0.368. The van der Waals surface area contributed by atoms with Crippen LogP contribution in [0.4, 0.5) is 10.2 Å². The fourth-order valence-electron chi connectivity index (χ4n) is 5.29. The number of nitrogens with two attached hydrogens (primary N) is 1. The highest BCUT2D eigenvalue weighted by Crippen LogP contribution is 2.39. The van der Waals surface area contributed by atoms with E-state index in [4.69, 9.17) is 15.2 Å². The number of hydrogen-bond acceptors (Lipinski definition) is 8. The Morgan fingerprint density at radius 3 is 2.52 bits per heavy atom. The van der Waals surface area contributed by atoms with Crippen molar-refractivity contribution < 1.29 is 13.9 Å². The van der Waals surface area contributed by atoms with Crippen molar-refractivity contribution in [1.82, 2.24) is 24.6 Å². The molecule has 0 spiro atoms. The molecule has 3 aromatic carbocycles. The van der Waals surface area contributed by atoms with Crippen LogP contribution in [0.2, 0.25) is 0 Å². The van der Waals surface area contributed by atoms with Gasteiger partial charge < -0.3 is 20.2 Å². The second-order valence-corrected chi connectivity index (χ2v) is 10.2. The van der Waals surface area contributed by atoms with Crippen LogP contribution in [-0.2, 0) is 6.54 Å². The summed E-state index contributed by atoms with van der Waals surface area (Å²) in [5.41, 5.74) is 9.48. The van der Waals surface area contributed by atoms with Crippen LogP contribution >= 0.6 is 12.4 Å². The molecule has 42 heavy (non-hydrogen) atoms. The van der Waals surface area contributed by atoms with Gasteiger partial charge in [0.15, 0.2) is 5.65 Å². The molecule has 3 heterocycles. The zero-order valence-electron chi connectivity index (χ0n) is 23.1. The van der Waals surface area contributed by atoms with Gasteiger partial charge in [-0.25, -0.2) is 23.8 Å². The maximum Gasteiger partial charge on any atom is 0.343 e. The topological polar surface area (TPSA) is 123 Å². The van der Waals surface area contributed by atoms with E-state index in [1.165, 1.54) is 18.5 Å². The number of phenols is 1. The van der Waals surface area contributed by atoms with Gasteiger partial charge in [0, 0.05) is 29.1 Å². The minimum atomic E-state index is -0.646. The van der Waals surface area contributed by atoms with E-state index < -0.39 is 17.5 Å². The summed E-state index contributed by atoms with van der Waals surface area (Å²) < 4.78 is 21.9. The van der Waals surface area contributed by atoms with E-state index in [-0.39, 0.29) is 29.7 Å². The Kier molecular flexibility index (Phi) is 7.68. The van der Waals surface area contributed by atoms with E-state index in [2.05, 4.69) is 27.0 Å². The zero-order chi connectivity index (χ0) is 28.8. The van der Waals surface area contributed by atoms with Crippen molar-refractivity contribution in [3.05, 3.63) is 101 Å². The van der Waals surface area contributed by atoms with Crippen LogP contribution < -0.4 is 11.4 Å². The highest BCUT2D eigenvalue weighted by molar-refractivity contribution is 5.99. The monoisotopic (exact) mass is 586 g/mol. The van der Waals surface area contributed by atoms with Gasteiger partial charge in [-0.2, -0.15) is 5.10 Å². The minimum absolute atomic E-state index is 0. The van der Waals surface area contributed by atoms with Gasteiger partial charge in [-0.3, -0.25) is 0 Å². The first-order chi connectivity index (χ1) is 19.7. The van der Waals surface area contributed by atoms with Gasteiger partial charge in [0.2, 0.25) is 0 Å². The fourth-order valence-corrected chi connectivity index (χ4v) is 5.29. The van der Waals surface area contributed by atoms with E-state index >= 15 is 0 Å². The molecule has 1 atom stereocenters. The molecule has 0 saturated heterocycles. The Morgan fingerprint density at radius 1 is 1.02 bits per heavy atom. The first-order valence-electron chi connectivity index (χ1n) is 13.0. The van der Waals surface area contributed by atoms with Crippen molar-refractivity contribution >= 4 is 40.0 Å². The molecule has 214 valence electrons. The second-order valence-electron chi connectivity index (χ2n) is 10.2. The summed E-state index contributed by atoms with van der Waals surface area (Å²) in [5, 5.41) is 16.4. The van der Waals surface area contributed by atoms with E-state index in [1.807, 2.05) is 45.3 Å². The van der Waals surface area contributed by atoms with E-state index in [9.17, 15) is 14.3 Å². The lowest BCUT2D eigenvalue weighted by molar-refractivity contribution is 0.402. The lowest BCUT2D eigenvalue weighted by Crippen LogP contribution is -2.15. The minimum Gasteiger partial charge on any atom is -0.508 e. The number of anilines is 1. The van der Waals surface area contributed by atoms with Crippen molar-refractivity contribution in [2.45, 2.75) is 19.5 Å². The third kappa shape index (κ3) is 5.06. The molecule has 11 heteroatoms. The van der Waals surface area contributed by atoms with Crippen molar-refractivity contribution in [3.63, 3.8) is 0 Å². The number of rotatable bonds is 6. The molecule has 9 nitrogen and oxygen atoms in total. The number of phenolic OH excluding ortho intramolecular Hbond substituents is 1. The van der Waals surface area contributed by atoms with E-state index in [0.29, 0.717) is 27.7 Å². The number of aromatic hydroxyl groups is 1. The number of nitrogen functional groups attached to an aromatic ring is 1. The van der Waals surface area contributed by atoms with Crippen molar-refractivity contribution in [1.29, 1.82) is 0 Å². The Labute approximate surface area is 246 Å². The molecular formula is C31H28ClFN6O3. The highest BCUT2D eigenvalue weighted by atomic mass is 35.5. The lowest BCUT2D eigenvalue weighted by atomic mass is 9.94. The molecule has 3 N–H and O–H groups in total. The van der Waals surface area contributed by atoms with Gasteiger partial charge in [0.25, 0.3) is 0 Å². The molecule has 0 aliphatic carbocycles. The van der Waals surface area contributed by atoms with E-state index in [1.54, 1.807) is 16.8 Å². The normalized spacial score (nSPS) is 12.1. The number of fused-ring (bicyclic) bond motifs is 2. The highest BCUT2D eigenvalue weighted by Gasteiger charge is 2.27. The Bertz CT molecular complexity index is 1990. The fraction of sp³-hybridized carbons (Fsp3) is 0.161. The molecule has 0 fully saturated rings. The number of halogens is 2. The zero-order valence-corrected chi connectivity index (χ0v) is 23.9. The van der Waals surface area contributed by atoms with Crippen LogP contribution in [0, 0.1) is 5.82 Å². The molecule has 6 rings (SSSR count). The van der Waals surface area contributed by atoms with Gasteiger partial charge in [-0.1, -0.05) is 36.4 Å². The summed E-state index contributed by atoms with van der Waals surface area (Å²) in [6.07, 6.45) is 1.32. The standard InChI is InChI=1S/C31H27FN6O3.ClH/c1-17(38-30-26(29(33)34-16-35-30)27(36-38)20-12-21(32)14-22(39)13-20)28-25(19-8-6-7-18(11-19)15-37(2)3)23-9-4-5-10-24(23)31(40)41-28;/h4-14,16-17,39H,15H2,1-3H3,(H2,33,34,35);1H. The number of nitrogens with zero attached hydrogens (tertiary/aromatic N) is 5. The van der Waals surface area contributed by atoms with Crippen molar-refractivity contribution in [2.75, 3.05) is 19.8 Å². The van der Waals surface area contributed by atoms with Crippen molar-refractivity contribution in [3.8, 4) is 28.1 Å². The van der Waals surface area contributed by atoms with Gasteiger partial charge in [-0.15, -0.1) is 12.4 Å².